The van der Waals surface area contributed by atoms with E-state index >= 15 is 0 Å². The van der Waals surface area contributed by atoms with E-state index < -0.39 is 5.92 Å². The largest absolute Gasteiger partial charge is 0.492 e. The molecule has 47 heavy (non-hydrogen) atoms. The average Bonchev–Trinajstić information content (AvgIpc) is 3.87. The minimum absolute atomic E-state index is 0.118. The highest BCUT2D eigenvalue weighted by Gasteiger charge is 2.38. The number of pyridine rings is 2. The number of hydrogen-bond acceptors (Lipinski definition) is 6. The van der Waals surface area contributed by atoms with Gasteiger partial charge in [0.1, 0.15) is 23.9 Å². The minimum Gasteiger partial charge on any atom is -0.492 e. The quantitative estimate of drug-likeness (QED) is 0.173. The van der Waals surface area contributed by atoms with Crippen molar-refractivity contribution in [3.8, 4) is 39.5 Å². The molecule has 6 heterocycles. The number of halogens is 3. The molecule has 11 heteroatoms. The molecule has 8 nitrogen and oxygen atoms in total. The second-order valence-electron chi connectivity index (χ2n) is 12.6. The summed E-state index contributed by atoms with van der Waals surface area (Å²) in [6.45, 7) is 4.06. The fourth-order valence-corrected chi connectivity index (χ4v) is 6.83. The first-order valence-electron chi connectivity index (χ1n) is 16.0. The molecular formula is C36H34F3N7O. The number of aromatic amines is 2. The minimum atomic E-state index is -2.64. The molecule has 2 aliphatic heterocycles. The van der Waals surface area contributed by atoms with Gasteiger partial charge in [-0.15, -0.1) is 0 Å². The fourth-order valence-electron chi connectivity index (χ4n) is 6.83. The van der Waals surface area contributed by atoms with Gasteiger partial charge in [-0.25, -0.2) is 13.2 Å². The predicted octanol–water partition coefficient (Wildman–Crippen LogP) is 7.29. The van der Waals surface area contributed by atoms with Crippen LogP contribution in [0.15, 0.2) is 73.2 Å². The first-order chi connectivity index (χ1) is 22.9. The Morgan fingerprint density at radius 2 is 1.77 bits per heavy atom. The maximum absolute atomic E-state index is 14.8. The summed E-state index contributed by atoms with van der Waals surface area (Å²) < 4.78 is 48.3. The summed E-state index contributed by atoms with van der Waals surface area (Å²) in [6.07, 6.45) is 7.50. The van der Waals surface area contributed by atoms with Crippen molar-refractivity contribution in [2.75, 3.05) is 39.3 Å². The molecule has 0 unspecified atom stereocenters. The second kappa shape index (κ2) is 12.1. The van der Waals surface area contributed by atoms with Crippen molar-refractivity contribution >= 4 is 21.8 Å². The lowest BCUT2D eigenvalue weighted by molar-refractivity contribution is 0.0115. The van der Waals surface area contributed by atoms with E-state index in [1.807, 2.05) is 42.5 Å². The van der Waals surface area contributed by atoms with Crippen LogP contribution in [0.1, 0.15) is 24.8 Å². The Hall–Kier alpha value is -4.74. The highest BCUT2D eigenvalue weighted by molar-refractivity contribution is 6.01. The number of fused-ring (bicyclic) bond motifs is 2. The predicted molar refractivity (Wildman–Crippen MR) is 176 cm³/mol. The van der Waals surface area contributed by atoms with Crippen LogP contribution in [-0.4, -0.2) is 80.2 Å². The Kier molecular flexibility index (Phi) is 7.65. The number of aromatic nitrogens is 5. The van der Waals surface area contributed by atoms with Gasteiger partial charge in [0, 0.05) is 66.4 Å². The highest BCUT2D eigenvalue weighted by atomic mass is 19.3. The van der Waals surface area contributed by atoms with Crippen LogP contribution in [0.3, 0.4) is 0 Å². The third-order valence-corrected chi connectivity index (χ3v) is 9.17. The first-order valence-corrected chi connectivity index (χ1v) is 16.0. The van der Waals surface area contributed by atoms with E-state index in [0.29, 0.717) is 31.1 Å². The number of alkyl halides is 2. The zero-order chi connectivity index (χ0) is 32.0. The van der Waals surface area contributed by atoms with Crippen LogP contribution in [-0.2, 0) is 6.54 Å². The number of rotatable bonds is 9. The van der Waals surface area contributed by atoms with Crippen LogP contribution in [0.25, 0.3) is 55.6 Å². The third-order valence-electron chi connectivity index (χ3n) is 9.17. The lowest BCUT2D eigenvalue weighted by Gasteiger charge is -2.15. The molecule has 0 bridgehead atoms. The summed E-state index contributed by atoms with van der Waals surface area (Å²) in [5.41, 5.74) is 7.17. The Bertz CT molecular complexity index is 2070. The summed E-state index contributed by atoms with van der Waals surface area (Å²) >= 11 is 0. The van der Waals surface area contributed by atoms with Gasteiger partial charge in [-0.2, -0.15) is 5.10 Å². The van der Waals surface area contributed by atoms with Crippen molar-refractivity contribution in [2.45, 2.75) is 31.7 Å². The van der Waals surface area contributed by atoms with Gasteiger partial charge in [0.15, 0.2) is 0 Å². The monoisotopic (exact) mass is 637 g/mol. The van der Waals surface area contributed by atoms with Crippen molar-refractivity contribution in [1.82, 2.24) is 34.9 Å². The smallest absolute Gasteiger partial charge is 0.261 e. The van der Waals surface area contributed by atoms with E-state index in [4.69, 9.17) is 4.74 Å². The molecule has 2 N–H and O–H groups in total. The highest BCUT2D eigenvalue weighted by Crippen LogP contribution is 2.36. The molecule has 8 rings (SSSR count). The molecule has 240 valence electrons. The summed E-state index contributed by atoms with van der Waals surface area (Å²) in [6, 6.07) is 16.7. The number of hydrogen-bond donors (Lipinski definition) is 2. The third kappa shape index (κ3) is 6.20. The molecular weight excluding hydrogens is 603 g/mol. The number of benzene rings is 2. The van der Waals surface area contributed by atoms with Crippen molar-refractivity contribution < 1.29 is 17.9 Å². The van der Waals surface area contributed by atoms with E-state index in [-0.39, 0.29) is 18.8 Å². The maximum Gasteiger partial charge on any atom is 0.261 e. The standard InChI is InChI=1S/C36H34F3N7O/c37-26-13-24(14-27(15-26)47-11-10-45-7-1-2-8-45)28-4-3-5-31-29(28)16-33(42-31)35-30-17-32(41-20-34(30)43-44-35)25-12-23(18-40-19-25)21-46-9-6-36(38,39)22-46/h3-5,12-20,42H,1-2,6-11,21-22H2,(H,43,44). The normalized spacial score (nSPS) is 16.9. The van der Waals surface area contributed by atoms with Crippen molar-refractivity contribution in [3.05, 3.63) is 84.6 Å². The number of ether oxygens (including phenoxy) is 1. The van der Waals surface area contributed by atoms with Crippen LogP contribution >= 0.6 is 0 Å². The zero-order valence-electron chi connectivity index (χ0n) is 25.8. The molecule has 0 amide bonds. The van der Waals surface area contributed by atoms with Gasteiger partial charge in [-0.05, 0) is 79.0 Å². The van der Waals surface area contributed by atoms with E-state index in [1.54, 1.807) is 23.5 Å². The lowest BCUT2D eigenvalue weighted by Crippen LogP contribution is -2.25. The van der Waals surface area contributed by atoms with Gasteiger partial charge in [-0.1, -0.05) is 12.1 Å². The molecule has 0 saturated carbocycles. The van der Waals surface area contributed by atoms with Crippen molar-refractivity contribution in [1.29, 1.82) is 0 Å². The molecule has 4 aromatic heterocycles. The lowest BCUT2D eigenvalue weighted by atomic mass is 10.0. The van der Waals surface area contributed by atoms with Crippen molar-refractivity contribution in [2.24, 2.45) is 0 Å². The van der Waals surface area contributed by atoms with Crippen LogP contribution in [0.5, 0.6) is 5.75 Å². The molecule has 2 aliphatic rings. The topological polar surface area (TPSA) is 86.0 Å². The molecule has 0 atom stereocenters. The average molecular weight is 638 g/mol. The summed E-state index contributed by atoms with van der Waals surface area (Å²) in [7, 11) is 0. The van der Waals surface area contributed by atoms with E-state index in [1.165, 1.54) is 25.0 Å². The Morgan fingerprint density at radius 3 is 2.62 bits per heavy atom. The molecule has 0 aliphatic carbocycles. The molecule has 2 saturated heterocycles. The van der Waals surface area contributed by atoms with Gasteiger partial charge >= 0.3 is 0 Å². The Morgan fingerprint density at radius 1 is 0.872 bits per heavy atom. The Labute approximate surface area is 269 Å². The first kappa shape index (κ1) is 29.6. The number of nitrogens with zero attached hydrogens (tertiary/aromatic N) is 5. The number of H-pyrrole nitrogens is 2. The molecule has 2 fully saturated rings. The van der Waals surface area contributed by atoms with Gasteiger partial charge in [0.25, 0.3) is 5.92 Å². The van der Waals surface area contributed by atoms with Gasteiger partial charge < -0.3 is 9.72 Å². The van der Waals surface area contributed by atoms with Gasteiger partial charge in [0.05, 0.1) is 29.6 Å². The van der Waals surface area contributed by atoms with Gasteiger partial charge in [-0.3, -0.25) is 24.9 Å². The van der Waals surface area contributed by atoms with E-state index in [2.05, 4.69) is 30.0 Å². The maximum atomic E-state index is 14.8. The molecule has 2 aromatic carbocycles. The fraction of sp³-hybridized carbons (Fsp3) is 0.306. The van der Waals surface area contributed by atoms with E-state index in [0.717, 1.165) is 75.1 Å². The number of nitrogens with one attached hydrogen (secondary N) is 2. The summed E-state index contributed by atoms with van der Waals surface area (Å²) in [5, 5.41) is 9.50. The zero-order valence-corrected chi connectivity index (χ0v) is 25.8. The van der Waals surface area contributed by atoms with Crippen LogP contribution in [0, 0.1) is 5.82 Å². The molecule has 0 radical (unpaired) electrons. The van der Waals surface area contributed by atoms with Gasteiger partial charge in [0.2, 0.25) is 0 Å². The number of likely N-dealkylation sites (tertiary alicyclic amines) is 2. The van der Waals surface area contributed by atoms with E-state index in [9.17, 15) is 13.2 Å². The Balaban J connectivity index is 1.08. The SMILES string of the molecule is Fc1cc(OCCN2CCCC2)cc(-c2cccc3[nH]c(-c4n[nH]c5cnc(-c6cncc(CN7CCC(F)(F)C7)c6)cc45)cc23)c1. The van der Waals surface area contributed by atoms with Crippen LogP contribution in [0.4, 0.5) is 13.2 Å². The van der Waals surface area contributed by atoms with Crippen LogP contribution in [0.2, 0.25) is 0 Å². The summed E-state index contributed by atoms with van der Waals surface area (Å²) in [5.74, 6) is -2.47. The molecule has 6 aromatic rings. The van der Waals surface area contributed by atoms with Crippen molar-refractivity contribution in [3.63, 3.8) is 0 Å². The van der Waals surface area contributed by atoms with Crippen LogP contribution < -0.4 is 4.74 Å². The molecule has 0 spiro atoms. The summed E-state index contributed by atoms with van der Waals surface area (Å²) in [4.78, 5) is 16.6. The second-order valence-corrected chi connectivity index (χ2v) is 12.6.